The minimum atomic E-state index is 0.733. The number of ether oxygens (including phenoxy) is 1. The zero-order valence-corrected chi connectivity index (χ0v) is 12.6. The molecule has 0 bridgehead atoms. The number of hydrogen-bond acceptors (Lipinski definition) is 3. The van der Waals surface area contributed by atoms with Gasteiger partial charge in [0.1, 0.15) is 5.75 Å². The lowest BCUT2D eigenvalue weighted by Gasteiger charge is -2.37. The van der Waals surface area contributed by atoms with Crippen molar-refractivity contribution in [1.82, 2.24) is 4.90 Å². The van der Waals surface area contributed by atoms with Gasteiger partial charge in [0.25, 0.3) is 0 Å². The highest BCUT2D eigenvalue weighted by Gasteiger charge is 2.26. The van der Waals surface area contributed by atoms with Crippen molar-refractivity contribution in [1.29, 1.82) is 0 Å². The third kappa shape index (κ3) is 4.50. The molecule has 1 aliphatic rings. The molecule has 1 saturated heterocycles. The molecule has 0 aromatic heterocycles. The number of benzene rings is 1. The van der Waals surface area contributed by atoms with Gasteiger partial charge in [0, 0.05) is 13.1 Å². The molecule has 2 unspecified atom stereocenters. The lowest BCUT2D eigenvalue weighted by atomic mass is 9.84. The van der Waals surface area contributed by atoms with Crippen molar-refractivity contribution in [3.63, 3.8) is 0 Å². The van der Waals surface area contributed by atoms with Crippen LogP contribution in [-0.4, -0.2) is 37.7 Å². The van der Waals surface area contributed by atoms with Crippen molar-refractivity contribution in [3.05, 3.63) is 30.3 Å². The van der Waals surface area contributed by atoms with Gasteiger partial charge in [0.05, 0.1) is 6.61 Å². The van der Waals surface area contributed by atoms with Gasteiger partial charge in [0.2, 0.25) is 0 Å². The van der Waals surface area contributed by atoms with Crippen LogP contribution in [0.5, 0.6) is 5.75 Å². The molecule has 0 spiro atoms. The number of piperidine rings is 1. The monoisotopic (exact) mass is 276 g/mol. The maximum absolute atomic E-state index is 5.86. The fourth-order valence-electron chi connectivity index (χ4n) is 3.13. The van der Waals surface area contributed by atoms with Crippen molar-refractivity contribution >= 4 is 0 Å². The van der Waals surface area contributed by atoms with Gasteiger partial charge in [0.15, 0.2) is 0 Å². The van der Waals surface area contributed by atoms with Crippen molar-refractivity contribution < 1.29 is 4.74 Å². The summed E-state index contributed by atoms with van der Waals surface area (Å²) in [4.78, 5) is 2.58. The molecular formula is C17H28N2O. The molecule has 112 valence electrons. The maximum Gasteiger partial charge on any atom is 0.119 e. The van der Waals surface area contributed by atoms with Crippen LogP contribution in [-0.2, 0) is 0 Å². The van der Waals surface area contributed by atoms with Crippen molar-refractivity contribution in [2.24, 2.45) is 17.6 Å². The summed E-state index contributed by atoms with van der Waals surface area (Å²) in [5, 5.41) is 0. The first-order valence-electron chi connectivity index (χ1n) is 7.93. The maximum atomic E-state index is 5.86. The van der Waals surface area contributed by atoms with Crippen LogP contribution in [0.1, 0.15) is 26.2 Å². The minimum absolute atomic E-state index is 0.733. The Morgan fingerprint density at radius 2 is 2.05 bits per heavy atom. The van der Waals surface area contributed by atoms with E-state index in [2.05, 4.69) is 11.8 Å². The molecule has 20 heavy (non-hydrogen) atoms. The Morgan fingerprint density at radius 1 is 1.25 bits per heavy atom. The number of rotatable bonds is 7. The number of nitrogens with zero attached hydrogens (tertiary/aromatic N) is 1. The Kier molecular flexibility index (Phi) is 6.34. The number of hydrogen-bond donors (Lipinski definition) is 1. The summed E-state index contributed by atoms with van der Waals surface area (Å²) in [7, 11) is 0. The van der Waals surface area contributed by atoms with Gasteiger partial charge >= 0.3 is 0 Å². The lowest BCUT2D eigenvalue weighted by Crippen LogP contribution is -2.43. The van der Waals surface area contributed by atoms with E-state index in [1.54, 1.807) is 0 Å². The molecule has 0 saturated carbocycles. The van der Waals surface area contributed by atoms with E-state index in [1.165, 1.54) is 25.9 Å². The number of para-hydroxylation sites is 1. The molecule has 1 heterocycles. The van der Waals surface area contributed by atoms with Crippen LogP contribution in [0.25, 0.3) is 0 Å². The van der Waals surface area contributed by atoms with Gasteiger partial charge in [-0.05, 0) is 49.9 Å². The molecule has 1 aromatic rings. The second-order valence-corrected chi connectivity index (χ2v) is 5.77. The first-order chi connectivity index (χ1) is 9.83. The van der Waals surface area contributed by atoms with E-state index in [4.69, 9.17) is 10.5 Å². The highest BCUT2D eigenvalue weighted by molar-refractivity contribution is 5.20. The quantitative estimate of drug-likeness (QED) is 0.778. The molecule has 1 aromatic carbocycles. The van der Waals surface area contributed by atoms with Crippen LogP contribution >= 0.6 is 0 Å². The standard InChI is InChI=1S/C17H28N2O/c1-2-15-14-19(11-9-16(15)13-18)10-6-12-20-17-7-4-3-5-8-17/h3-5,7-8,15-16H,2,6,9-14,18H2,1H3. The highest BCUT2D eigenvalue weighted by Crippen LogP contribution is 2.25. The predicted octanol–water partition coefficient (Wildman–Crippen LogP) is 2.76. The largest absolute Gasteiger partial charge is 0.494 e. The summed E-state index contributed by atoms with van der Waals surface area (Å²) >= 11 is 0. The molecule has 2 atom stereocenters. The van der Waals surface area contributed by atoms with Crippen molar-refractivity contribution in [3.8, 4) is 5.75 Å². The molecule has 1 aliphatic heterocycles. The van der Waals surface area contributed by atoms with Gasteiger partial charge in [-0.15, -0.1) is 0 Å². The Balaban J connectivity index is 1.65. The summed E-state index contributed by atoms with van der Waals surface area (Å²) in [6.45, 7) is 7.49. The molecule has 2 N–H and O–H groups in total. The molecule has 0 aliphatic carbocycles. The van der Waals surface area contributed by atoms with Crippen LogP contribution in [0.15, 0.2) is 30.3 Å². The van der Waals surface area contributed by atoms with E-state index < -0.39 is 0 Å². The van der Waals surface area contributed by atoms with Gasteiger partial charge < -0.3 is 15.4 Å². The Morgan fingerprint density at radius 3 is 2.75 bits per heavy atom. The van der Waals surface area contributed by atoms with Crippen molar-refractivity contribution in [2.75, 3.05) is 32.8 Å². The summed E-state index contributed by atoms with van der Waals surface area (Å²) < 4.78 is 5.75. The van der Waals surface area contributed by atoms with Crippen LogP contribution < -0.4 is 10.5 Å². The average molecular weight is 276 g/mol. The Labute approximate surface area is 123 Å². The first-order valence-corrected chi connectivity index (χ1v) is 7.93. The van der Waals surface area contributed by atoms with E-state index in [0.29, 0.717) is 0 Å². The van der Waals surface area contributed by atoms with E-state index in [-0.39, 0.29) is 0 Å². The Hall–Kier alpha value is -1.06. The summed E-state index contributed by atoms with van der Waals surface area (Å²) in [6, 6.07) is 10.1. The van der Waals surface area contributed by atoms with Gasteiger partial charge in [-0.3, -0.25) is 0 Å². The third-order valence-electron chi connectivity index (χ3n) is 4.43. The summed E-state index contributed by atoms with van der Waals surface area (Å²) in [6.07, 6.45) is 3.60. The average Bonchev–Trinajstić information content (AvgIpc) is 2.52. The SMILES string of the molecule is CCC1CN(CCCOc2ccccc2)CCC1CN. The first kappa shape index (κ1) is 15.3. The minimum Gasteiger partial charge on any atom is -0.494 e. The fraction of sp³-hybridized carbons (Fsp3) is 0.647. The number of likely N-dealkylation sites (tertiary alicyclic amines) is 1. The van der Waals surface area contributed by atoms with Gasteiger partial charge in [-0.1, -0.05) is 31.5 Å². The molecular weight excluding hydrogens is 248 g/mol. The van der Waals surface area contributed by atoms with E-state index in [9.17, 15) is 0 Å². The molecule has 0 amide bonds. The summed E-state index contributed by atoms with van der Waals surface area (Å²) in [5.41, 5.74) is 5.86. The molecule has 1 fully saturated rings. The normalized spacial score (nSPS) is 23.7. The molecule has 3 nitrogen and oxygen atoms in total. The number of nitrogens with two attached hydrogens (primary N) is 1. The van der Waals surface area contributed by atoms with Crippen LogP contribution in [0, 0.1) is 11.8 Å². The van der Waals surface area contributed by atoms with E-state index in [1.807, 2.05) is 30.3 Å². The topological polar surface area (TPSA) is 38.5 Å². The fourth-order valence-corrected chi connectivity index (χ4v) is 3.13. The zero-order valence-electron chi connectivity index (χ0n) is 12.6. The Bertz CT molecular complexity index is 369. The van der Waals surface area contributed by atoms with Crippen LogP contribution in [0.2, 0.25) is 0 Å². The van der Waals surface area contributed by atoms with Crippen molar-refractivity contribution in [2.45, 2.75) is 26.2 Å². The molecule has 2 rings (SSSR count). The smallest absolute Gasteiger partial charge is 0.119 e. The third-order valence-corrected chi connectivity index (χ3v) is 4.43. The molecule has 3 heteroatoms. The van der Waals surface area contributed by atoms with Crippen LogP contribution in [0.4, 0.5) is 0 Å². The summed E-state index contributed by atoms with van der Waals surface area (Å²) in [5.74, 6) is 2.49. The van der Waals surface area contributed by atoms with E-state index >= 15 is 0 Å². The van der Waals surface area contributed by atoms with Crippen LogP contribution in [0.3, 0.4) is 0 Å². The predicted molar refractivity (Wildman–Crippen MR) is 83.9 cm³/mol. The van der Waals surface area contributed by atoms with Gasteiger partial charge in [-0.25, -0.2) is 0 Å². The highest BCUT2D eigenvalue weighted by atomic mass is 16.5. The second kappa shape index (κ2) is 8.28. The lowest BCUT2D eigenvalue weighted by molar-refractivity contribution is 0.113. The molecule has 0 radical (unpaired) electrons. The van der Waals surface area contributed by atoms with Gasteiger partial charge in [-0.2, -0.15) is 0 Å². The second-order valence-electron chi connectivity index (χ2n) is 5.77. The van der Waals surface area contributed by atoms with E-state index in [0.717, 1.165) is 43.7 Å². The zero-order chi connectivity index (χ0) is 14.2.